The van der Waals surface area contributed by atoms with E-state index in [1.807, 2.05) is 51.2 Å². The maximum atomic E-state index is 14.0. The zero-order valence-electron chi connectivity index (χ0n) is 25.2. The number of piperidine rings is 1. The molecule has 2 amide bonds. The van der Waals surface area contributed by atoms with Gasteiger partial charge in [0.1, 0.15) is 17.0 Å². The second-order valence-corrected chi connectivity index (χ2v) is 12.9. The van der Waals surface area contributed by atoms with Crippen molar-refractivity contribution in [1.82, 2.24) is 40.3 Å². The van der Waals surface area contributed by atoms with Gasteiger partial charge < -0.3 is 15.5 Å². The molecule has 2 fully saturated rings. The topological polar surface area (TPSA) is 135 Å². The average molecular weight is 660 g/mol. The number of Topliss-reactive ketones (excluding diaryl/α,β-unsaturated/α-hetero) is 1. The number of hydrogen-bond acceptors (Lipinski definition) is 8. The second kappa shape index (κ2) is 11.8. The van der Waals surface area contributed by atoms with Crippen LogP contribution in [0.15, 0.2) is 47.3 Å². The molecule has 1 aliphatic heterocycles. The van der Waals surface area contributed by atoms with Crippen LogP contribution in [0.2, 0.25) is 0 Å². The van der Waals surface area contributed by atoms with Crippen LogP contribution in [0, 0.1) is 19.3 Å². The Bertz CT molecular complexity index is 1770. The highest BCUT2D eigenvalue weighted by molar-refractivity contribution is 9.10. The van der Waals surface area contributed by atoms with Gasteiger partial charge in [-0.3, -0.25) is 19.1 Å². The summed E-state index contributed by atoms with van der Waals surface area (Å²) >= 11 is 3.40. The maximum absolute atomic E-state index is 14.0. The van der Waals surface area contributed by atoms with Crippen LogP contribution in [-0.2, 0) is 22.6 Å². The number of carbonyl (C=O) groups is 3. The van der Waals surface area contributed by atoms with Crippen LogP contribution >= 0.6 is 15.9 Å². The average Bonchev–Trinajstić information content (AvgIpc) is 3.37. The monoisotopic (exact) mass is 658 g/mol. The Morgan fingerprint density at radius 3 is 2.57 bits per heavy atom. The van der Waals surface area contributed by atoms with E-state index in [0.717, 1.165) is 23.1 Å². The maximum Gasteiger partial charge on any atom is 0.272 e. The molecule has 1 saturated carbocycles. The number of nitrogens with one attached hydrogen (secondary N) is 2. The molecule has 0 bridgehead atoms. The molecule has 44 heavy (non-hydrogen) atoms. The number of nitrogens with zero attached hydrogens (tertiary/aromatic N) is 6. The van der Waals surface area contributed by atoms with Crippen LogP contribution in [-0.4, -0.2) is 79.5 Å². The van der Waals surface area contributed by atoms with Crippen molar-refractivity contribution in [3.8, 4) is 11.1 Å². The number of fused-ring (bicyclic) bond motifs is 2. The molecule has 2 aliphatic rings. The van der Waals surface area contributed by atoms with E-state index in [0.29, 0.717) is 46.5 Å². The molecule has 6 rings (SSSR count). The van der Waals surface area contributed by atoms with Gasteiger partial charge in [0, 0.05) is 42.5 Å². The third-order valence-corrected chi connectivity index (χ3v) is 9.27. The van der Waals surface area contributed by atoms with Gasteiger partial charge in [-0.05, 0) is 84.4 Å². The van der Waals surface area contributed by atoms with Crippen molar-refractivity contribution in [2.24, 2.45) is 5.41 Å². The molecule has 228 valence electrons. The van der Waals surface area contributed by atoms with Crippen molar-refractivity contribution in [3.63, 3.8) is 0 Å². The first-order chi connectivity index (χ1) is 21.1. The van der Waals surface area contributed by atoms with Gasteiger partial charge in [0.2, 0.25) is 5.91 Å². The molecule has 4 aromatic rings. The molecule has 0 radical (unpaired) electrons. The van der Waals surface area contributed by atoms with Crippen molar-refractivity contribution in [2.45, 2.75) is 58.7 Å². The van der Waals surface area contributed by atoms with Gasteiger partial charge in [0.05, 0.1) is 23.7 Å². The number of amides is 2. The van der Waals surface area contributed by atoms with Crippen molar-refractivity contribution < 1.29 is 14.4 Å². The lowest BCUT2D eigenvalue weighted by atomic mass is 9.96. The van der Waals surface area contributed by atoms with E-state index in [1.54, 1.807) is 22.0 Å². The number of carbonyl (C=O) groups excluding carboxylic acids is 3. The molecular formula is C32H35BrN8O3. The summed E-state index contributed by atoms with van der Waals surface area (Å²) in [5.74, 6) is 0.144. The van der Waals surface area contributed by atoms with Crippen LogP contribution < -0.4 is 10.6 Å². The number of benzene rings is 1. The first-order valence-electron chi connectivity index (χ1n) is 14.8. The Morgan fingerprint density at radius 1 is 1.05 bits per heavy atom. The number of hydrogen-bond donors (Lipinski definition) is 2. The zero-order chi connectivity index (χ0) is 31.2. The third kappa shape index (κ3) is 5.75. The number of halogens is 1. The Labute approximate surface area is 264 Å². The van der Waals surface area contributed by atoms with Gasteiger partial charge in [0.25, 0.3) is 5.91 Å². The first-order valence-corrected chi connectivity index (χ1v) is 15.6. The predicted molar refractivity (Wildman–Crippen MR) is 169 cm³/mol. The van der Waals surface area contributed by atoms with Crippen LogP contribution in [0.5, 0.6) is 0 Å². The molecular weight excluding hydrogens is 624 g/mol. The van der Waals surface area contributed by atoms with E-state index in [4.69, 9.17) is 0 Å². The van der Waals surface area contributed by atoms with E-state index >= 15 is 0 Å². The minimum absolute atomic E-state index is 0.0136. The van der Waals surface area contributed by atoms with Gasteiger partial charge in [-0.2, -0.15) is 5.10 Å². The molecule has 4 heterocycles. The van der Waals surface area contributed by atoms with Gasteiger partial charge >= 0.3 is 0 Å². The van der Waals surface area contributed by atoms with Gasteiger partial charge in [-0.1, -0.05) is 19.1 Å². The Morgan fingerprint density at radius 2 is 1.82 bits per heavy atom. The fourth-order valence-corrected chi connectivity index (χ4v) is 6.55. The van der Waals surface area contributed by atoms with Gasteiger partial charge in [-0.15, -0.1) is 0 Å². The molecule has 1 aromatic carbocycles. The highest BCUT2D eigenvalue weighted by atomic mass is 79.9. The molecule has 12 heteroatoms. The molecule has 11 nitrogen and oxygen atoms in total. The summed E-state index contributed by atoms with van der Waals surface area (Å²) in [5.41, 5.74) is 4.13. The van der Waals surface area contributed by atoms with Crippen molar-refractivity contribution in [1.29, 1.82) is 0 Å². The number of rotatable bonds is 10. The van der Waals surface area contributed by atoms with Crippen molar-refractivity contribution in [2.75, 3.05) is 20.1 Å². The first kappa shape index (κ1) is 30.0. The molecule has 2 N–H and O–H groups in total. The quantitative estimate of drug-likeness (QED) is 0.196. The van der Waals surface area contributed by atoms with Crippen LogP contribution in [0.3, 0.4) is 0 Å². The number of aryl methyl sites for hydroxylation is 2. The Hall–Kier alpha value is -4.03. The summed E-state index contributed by atoms with van der Waals surface area (Å²) < 4.78 is 2.26. The number of likely N-dealkylation sites (tertiary alicyclic amines) is 1. The minimum atomic E-state index is -0.522. The minimum Gasteiger partial charge on any atom is -0.349 e. The van der Waals surface area contributed by atoms with Crippen molar-refractivity contribution in [3.05, 3.63) is 70.1 Å². The number of pyridine rings is 1. The summed E-state index contributed by atoms with van der Waals surface area (Å²) in [6.07, 6.45) is 5.16. The summed E-state index contributed by atoms with van der Waals surface area (Å²) in [6.45, 7) is 6.85. The fraction of sp³-hybridized carbons (Fsp3) is 0.406. The van der Waals surface area contributed by atoms with Crippen LogP contribution in [0.4, 0.5) is 0 Å². The van der Waals surface area contributed by atoms with E-state index in [-0.39, 0.29) is 47.7 Å². The number of aromatic nitrogens is 5. The SMILES string of the molecule is CNCCNC(=O)c1nn(CC(=O)N2[C@H](C(=O)Cc3nc(Br)ccc3C)C[C@@]3(C)C[C@@H]23)c2ccc(-c3cnc(C)nc3)cc12. The molecule has 3 aromatic heterocycles. The van der Waals surface area contributed by atoms with Crippen LogP contribution in [0.25, 0.3) is 22.0 Å². The summed E-state index contributed by atoms with van der Waals surface area (Å²) in [5, 5.41) is 11.2. The Kier molecular flexibility index (Phi) is 8.06. The predicted octanol–water partition coefficient (Wildman–Crippen LogP) is 3.41. The summed E-state index contributed by atoms with van der Waals surface area (Å²) in [6, 6.07) is 8.94. The van der Waals surface area contributed by atoms with E-state index in [1.165, 1.54) is 0 Å². The lowest BCUT2D eigenvalue weighted by Crippen LogP contribution is -2.45. The number of ketones is 1. The molecule has 3 atom stereocenters. The molecule has 0 unspecified atom stereocenters. The highest BCUT2D eigenvalue weighted by Gasteiger charge is 2.64. The summed E-state index contributed by atoms with van der Waals surface area (Å²) in [7, 11) is 1.81. The molecule has 1 aliphatic carbocycles. The lowest BCUT2D eigenvalue weighted by molar-refractivity contribution is -0.139. The largest absolute Gasteiger partial charge is 0.349 e. The molecule has 1 saturated heterocycles. The smallest absolute Gasteiger partial charge is 0.272 e. The van der Waals surface area contributed by atoms with E-state index < -0.39 is 6.04 Å². The van der Waals surface area contributed by atoms with Gasteiger partial charge in [-0.25, -0.2) is 15.0 Å². The summed E-state index contributed by atoms with van der Waals surface area (Å²) in [4.78, 5) is 55.8. The number of likely N-dealkylation sites (N-methyl/N-ethyl adjacent to an activating group) is 1. The molecule has 0 spiro atoms. The Balaban J connectivity index is 1.30. The van der Waals surface area contributed by atoms with Gasteiger partial charge in [0.15, 0.2) is 11.5 Å². The fourth-order valence-electron chi connectivity index (χ4n) is 6.20. The second-order valence-electron chi connectivity index (χ2n) is 12.1. The highest BCUT2D eigenvalue weighted by Crippen LogP contribution is 2.59. The van der Waals surface area contributed by atoms with Crippen LogP contribution in [0.1, 0.15) is 47.3 Å². The third-order valence-electron chi connectivity index (χ3n) is 8.83. The van der Waals surface area contributed by atoms with E-state index in [2.05, 4.69) is 53.5 Å². The standard InChI is InChI=1S/C32H35BrN8O3/c1-18-5-8-28(33)38-23(18)12-26(42)25-13-32(3)14-27(32)41(25)29(43)17-40-24-7-6-20(21-15-36-19(2)37-16-21)11-22(24)30(39-40)31(44)35-10-9-34-4/h5-8,11,15-16,25,27,34H,9-10,12-14,17H2,1-4H3,(H,35,44)/t25-,27+,32-/m0/s1. The lowest BCUT2D eigenvalue weighted by Gasteiger charge is -2.27. The van der Waals surface area contributed by atoms with E-state index in [9.17, 15) is 14.4 Å². The zero-order valence-corrected chi connectivity index (χ0v) is 26.8. The van der Waals surface area contributed by atoms with Crippen molar-refractivity contribution >= 4 is 44.4 Å². The normalized spacial score (nSPS) is 20.5.